The highest BCUT2D eigenvalue weighted by Crippen LogP contribution is 2.13. The molecule has 0 aliphatic heterocycles. The van der Waals surface area contributed by atoms with Gasteiger partial charge in [0, 0.05) is 30.3 Å². The van der Waals surface area contributed by atoms with Gasteiger partial charge in [-0.05, 0) is 30.3 Å². The highest BCUT2D eigenvalue weighted by atomic mass is 16.3. The van der Waals surface area contributed by atoms with E-state index in [1.54, 1.807) is 21.6 Å². The minimum Gasteiger partial charge on any atom is -0.503 e. The van der Waals surface area contributed by atoms with Gasteiger partial charge >= 0.3 is 0 Å². The lowest BCUT2D eigenvalue weighted by Crippen LogP contribution is -2.03. The minimum atomic E-state index is -0.385. The molecule has 3 rings (SSSR count). The Hall–Kier alpha value is -2.82. The third-order valence-corrected chi connectivity index (χ3v) is 2.82. The minimum absolute atomic E-state index is 0.265. The summed E-state index contributed by atoms with van der Waals surface area (Å²) >= 11 is 0. The summed E-state index contributed by atoms with van der Waals surface area (Å²) in [4.78, 5) is 11.1. The van der Waals surface area contributed by atoms with Crippen molar-refractivity contribution in [2.24, 2.45) is 0 Å². The third-order valence-electron chi connectivity index (χ3n) is 2.82. The summed E-state index contributed by atoms with van der Waals surface area (Å²) in [7, 11) is 0. The van der Waals surface area contributed by atoms with Crippen LogP contribution >= 0.6 is 0 Å². The number of aromatic hydroxyl groups is 1. The normalized spacial score (nSPS) is 10.5. The Bertz CT molecular complexity index is 743. The van der Waals surface area contributed by atoms with E-state index in [-0.39, 0.29) is 11.2 Å². The molecule has 1 aromatic carbocycles. The number of rotatable bonds is 2. The van der Waals surface area contributed by atoms with Crippen LogP contribution in [0.3, 0.4) is 0 Å². The highest BCUT2D eigenvalue weighted by Gasteiger charge is 2.01. The van der Waals surface area contributed by atoms with E-state index in [0.29, 0.717) is 0 Å². The molecular formula is C14H11N3O2. The van der Waals surface area contributed by atoms with E-state index in [0.717, 1.165) is 11.4 Å². The second-order valence-corrected chi connectivity index (χ2v) is 4.07. The highest BCUT2D eigenvalue weighted by molar-refractivity contribution is 5.41. The van der Waals surface area contributed by atoms with E-state index in [1.165, 1.54) is 12.3 Å². The number of nitrogens with zero attached hydrogens (tertiary/aromatic N) is 3. The molecular weight excluding hydrogens is 242 g/mol. The van der Waals surface area contributed by atoms with Gasteiger partial charge in [-0.25, -0.2) is 4.68 Å². The molecule has 1 N–H and O–H groups in total. The molecule has 0 saturated carbocycles. The third kappa shape index (κ3) is 2.13. The first kappa shape index (κ1) is 11.3. The molecule has 3 aromatic rings. The van der Waals surface area contributed by atoms with E-state index in [1.807, 2.05) is 36.5 Å². The number of hydrogen-bond donors (Lipinski definition) is 1. The van der Waals surface area contributed by atoms with E-state index in [4.69, 9.17) is 0 Å². The van der Waals surface area contributed by atoms with Crippen molar-refractivity contribution in [3.63, 3.8) is 0 Å². The fourth-order valence-corrected chi connectivity index (χ4v) is 1.83. The van der Waals surface area contributed by atoms with Gasteiger partial charge in [0.1, 0.15) is 0 Å². The zero-order valence-corrected chi connectivity index (χ0v) is 9.97. The Balaban J connectivity index is 1.98. The van der Waals surface area contributed by atoms with Gasteiger partial charge in [-0.2, -0.15) is 5.10 Å². The molecule has 0 amide bonds. The topological polar surface area (TPSA) is 60.0 Å². The lowest BCUT2D eigenvalue weighted by atomic mass is 10.2. The van der Waals surface area contributed by atoms with Crippen LogP contribution in [0.5, 0.6) is 5.75 Å². The van der Waals surface area contributed by atoms with Gasteiger partial charge in [-0.15, -0.1) is 0 Å². The average molecular weight is 253 g/mol. The summed E-state index contributed by atoms with van der Waals surface area (Å²) in [6.07, 6.45) is 6.59. The van der Waals surface area contributed by atoms with Crippen LogP contribution < -0.4 is 5.43 Å². The SMILES string of the molecule is O=c1ccn(-c2ccc(-n3cccn3)cc2)cc1O. The first-order valence-electron chi connectivity index (χ1n) is 5.76. The summed E-state index contributed by atoms with van der Waals surface area (Å²) in [5.74, 6) is -0.265. The molecule has 0 aliphatic rings. The Morgan fingerprint density at radius 2 is 1.74 bits per heavy atom. The van der Waals surface area contributed by atoms with Gasteiger partial charge in [0.15, 0.2) is 5.75 Å². The maximum absolute atomic E-state index is 11.1. The Morgan fingerprint density at radius 3 is 2.37 bits per heavy atom. The monoisotopic (exact) mass is 253 g/mol. The van der Waals surface area contributed by atoms with E-state index in [2.05, 4.69) is 5.10 Å². The molecule has 19 heavy (non-hydrogen) atoms. The van der Waals surface area contributed by atoms with Crippen molar-refractivity contribution < 1.29 is 5.11 Å². The lowest BCUT2D eigenvalue weighted by Gasteiger charge is -2.08. The summed E-state index contributed by atoms with van der Waals surface area (Å²) in [5, 5.41) is 13.6. The molecule has 5 nitrogen and oxygen atoms in total. The van der Waals surface area contributed by atoms with Crippen LogP contribution in [0.4, 0.5) is 0 Å². The van der Waals surface area contributed by atoms with Crippen LogP contribution in [-0.4, -0.2) is 19.5 Å². The van der Waals surface area contributed by atoms with Crippen molar-refractivity contribution in [2.75, 3.05) is 0 Å². The van der Waals surface area contributed by atoms with Gasteiger partial charge in [0.2, 0.25) is 5.43 Å². The second-order valence-electron chi connectivity index (χ2n) is 4.07. The summed E-state index contributed by atoms with van der Waals surface area (Å²) < 4.78 is 3.44. The molecule has 0 atom stereocenters. The molecule has 0 radical (unpaired) electrons. The summed E-state index contributed by atoms with van der Waals surface area (Å²) in [6, 6.07) is 10.8. The van der Waals surface area contributed by atoms with Crippen LogP contribution in [0, 0.1) is 0 Å². The van der Waals surface area contributed by atoms with Crippen LogP contribution in [-0.2, 0) is 0 Å². The molecule has 0 aliphatic carbocycles. The largest absolute Gasteiger partial charge is 0.503 e. The van der Waals surface area contributed by atoms with Gasteiger partial charge in [0.25, 0.3) is 0 Å². The Morgan fingerprint density at radius 1 is 1.00 bits per heavy atom. The first-order chi connectivity index (χ1) is 9.24. The molecule has 0 saturated heterocycles. The van der Waals surface area contributed by atoms with Gasteiger partial charge in [-0.1, -0.05) is 0 Å². The fourth-order valence-electron chi connectivity index (χ4n) is 1.83. The Labute approximate surface area is 109 Å². The molecule has 5 heteroatoms. The molecule has 0 fully saturated rings. The number of aromatic nitrogens is 3. The predicted molar refractivity (Wildman–Crippen MR) is 70.8 cm³/mol. The van der Waals surface area contributed by atoms with Gasteiger partial charge in [-0.3, -0.25) is 4.79 Å². The average Bonchev–Trinajstić information content (AvgIpc) is 2.96. The van der Waals surface area contributed by atoms with Crippen LogP contribution in [0.15, 0.2) is 66.0 Å². The summed E-state index contributed by atoms with van der Waals surface area (Å²) in [6.45, 7) is 0. The van der Waals surface area contributed by atoms with E-state index < -0.39 is 0 Å². The zero-order chi connectivity index (χ0) is 13.2. The molecule has 0 bridgehead atoms. The number of benzene rings is 1. The number of hydrogen-bond acceptors (Lipinski definition) is 3. The fraction of sp³-hybridized carbons (Fsp3) is 0. The van der Waals surface area contributed by atoms with Crippen molar-refractivity contribution in [3.05, 3.63) is 71.4 Å². The summed E-state index contributed by atoms with van der Waals surface area (Å²) in [5.41, 5.74) is 1.41. The van der Waals surface area contributed by atoms with Crippen LogP contribution in [0.2, 0.25) is 0 Å². The van der Waals surface area contributed by atoms with E-state index >= 15 is 0 Å². The van der Waals surface area contributed by atoms with Gasteiger partial charge in [0.05, 0.1) is 11.9 Å². The number of pyridine rings is 1. The molecule has 2 heterocycles. The van der Waals surface area contributed by atoms with Crippen LogP contribution in [0.25, 0.3) is 11.4 Å². The maximum atomic E-state index is 11.1. The maximum Gasteiger partial charge on any atom is 0.223 e. The Kier molecular flexibility index (Phi) is 2.64. The van der Waals surface area contributed by atoms with Crippen LogP contribution in [0.1, 0.15) is 0 Å². The zero-order valence-electron chi connectivity index (χ0n) is 9.97. The molecule has 94 valence electrons. The van der Waals surface area contributed by atoms with Crippen molar-refractivity contribution in [1.82, 2.24) is 14.3 Å². The van der Waals surface area contributed by atoms with E-state index in [9.17, 15) is 9.90 Å². The quantitative estimate of drug-likeness (QED) is 0.756. The van der Waals surface area contributed by atoms with Crippen molar-refractivity contribution in [3.8, 4) is 17.1 Å². The van der Waals surface area contributed by atoms with Crippen molar-refractivity contribution >= 4 is 0 Å². The van der Waals surface area contributed by atoms with Crippen molar-refractivity contribution in [1.29, 1.82) is 0 Å². The molecule has 0 unspecified atom stereocenters. The standard InChI is InChI=1S/C14H11N3O2/c18-13-6-9-16(10-14(13)19)11-2-4-12(5-3-11)17-8-1-7-15-17/h1-10,19H. The first-order valence-corrected chi connectivity index (χ1v) is 5.76. The van der Waals surface area contributed by atoms with Gasteiger partial charge < -0.3 is 9.67 Å². The van der Waals surface area contributed by atoms with Crippen molar-refractivity contribution in [2.45, 2.75) is 0 Å². The second kappa shape index (κ2) is 4.45. The lowest BCUT2D eigenvalue weighted by molar-refractivity contribution is 0.465. The molecule has 0 spiro atoms. The predicted octanol–water partition coefficient (Wildman–Crippen LogP) is 1.73. The molecule has 2 aromatic heterocycles. The smallest absolute Gasteiger partial charge is 0.223 e.